The van der Waals surface area contributed by atoms with Gasteiger partial charge < -0.3 is 0 Å². The Kier molecular flexibility index (Phi) is 2.38. The van der Waals surface area contributed by atoms with Gasteiger partial charge >= 0.3 is 0 Å². The fraction of sp³-hybridized carbons (Fsp3) is 0.200. The Morgan fingerprint density at radius 2 is 2.13 bits per heavy atom. The SMILES string of the molecule is Cc1cccc2c1C(CON)=CS2(=O)=O. The van der Waals surface area contributed by atoms with Gasteiger partial charge in [0.2, 0.25) is 9.84 Å². The molecule has 1 aliphatic rings. The van der Waals surface area contributed by atoms with Crippen LogP contribution in [0.5, 0.6) is 0 Å². The highest BCUT2D eigenvalue weighted by Crippen LogP contribution is 2.35. The highest BCUT2D eigenvalue weighted by molar-refractivity contribution is 7.95. The van der Waals surface area contributed by atoms with E-state index in [2.05, 4.69) is 4.84 Å². The predicted octanol–water partition coefficient (Wildman–Crippen LogP) is 1.01. The molecule has 0 aliphatic carbocycles. The van der Waals surface area contributed by atoms with E-state index in [4.69, 9.17) is 5.90 Å². The number of hydrogen-bond acceptors (Lipinski definition) is 4. The molecule has 5 heteroatoms. The molecule has 0 fully saturated rings. The minimum Gasteiger partial charge on any atom is -0.300 e. The van der Waals surface area contributed by atoms with Crippen LogP contribution >= 0.6 is 0 Å². The Balaban J connectivity index is 2.69. The molecule has 0 atom stereocenters. The molecular formula is C10H11NO3S. The number of nitrogens with two attached hydrogens (primary N) is 1. The standard InChI is InChI=1S/C10H11NO3S/c1-7-3-2-4-9-10(7)8(5-14-11)6-15(9,12)13/h2-4,6H,5,11H2,1H3. The second-order valence-corrected chi connectivity index (χ2v) is 5.21. The van der Waals surface area contributed by atoms with Crippen molar-refractivity contribution in [3.8, 4) is 0 Å². The maximum Gasteiger partial charge on any atom is 0.200 e. The second-order valence-electron chi connectivity index (χ2n) is 3.45. The quantitative estimate of drug-likeness (QED) is 0.763. The molecule has 15 heavy (non-hydrogen) atoms. The molecular weight excluding hydrogens is 214 g/mol. The highest BCUT2D eigenvalue weighted by atomic mass is 32.2. The van der Waals surface area contributed by atoms with Crippen molar-refractivity contribution < 1.29 is 13.3 Å². The summed E-state index contributed by atoms with van der Waals surface area (Å²) in [6, 6.07) is 5.19. The zero-order valence-corrected chi connectivity index (χ0v) is 9.04. The molecule has 0 saturated carbocycles. The molecule has 2 rings (SSSR count). The summed E-state index contributed by atoms with van der Waals surface area (Å²) in [5.74, 6) is 4.97. The van der Waals surface area contributed by atoms with E-state index >= 15 is 0 Å². The van der Waals surface area contributed by atoms with Gasteiger partial charge in [0, 0.05) is 16.5 Å². The van der Waals surface area contributed by atoms with Crippen LogP contribution in [0.2, 0.25) is 0 Å². The van der Waals surface area contributed by atoms with E-state index in [1.165, 1.54) is 5.41 Å². The first-order valence-corrected chi connectivity index (χ1v) is 5.98. The zero-order chi connectivity index (χ0) is 11.1. The summed E-state index contributed by atoms with van der Waals surface area (Å²) >= 11 is 0. The van der Waals surface area contributed by atoms with Crippen molar-refractivity contribution in [2.45, 2.75) is 11.8 Å². The van der Waals surface area contributed by atoms with Crippen LogP contribution in [0.15, 0.2) is 28.5 Å². The fourth-order valence-corrected chi connectivity index (χ4v) is 3.33. The summed E-state index contributed by atoms with van der Waals surface area (Å²) in [4.78, 5) is 4.84. The van der Waals surface area contributed by atoms with Gasteiger partial charge in [0.1, 0.15) is 0 Å². The van der Waals surface area contributed by atoms with Gasteiger partial charge in [0.25, 0.3) is 0 Å². The van der Waals surface area contributed by atoms with E-state index in [1.807, 2.05) is 13.0 Å². The second kappa shape index (κ2) is 3.44. The Bertz CT molecular complexity index is 532. The molecule has 1 heterocycles. The van der Waals surface area contributed by atoms with Crippen molar-refractivity contribution in [2.24, 2.45) is 5.90 Å². The molecule has 1 aromatic carbocycles. The molecule has 1 aromatic rings. The summed E-state index contributed by atoms with van der Waals surface area (Å²) in [6.07, 6.45) is 0. The van der Waals surface area contributed by atoms with Gasteiger partial charge in [-0.15, -0.1) is 0 Å². The summed E-state index contributed by atoms with van der Waals surface area (Å²) < 4.78 is 23.4. The number of sulfone groups is 1. The van der Waals surface area contributed by atoms with Crippen molar-refractivity contribution in [3.63, 3.8) is 0 Å². The molecule has 4 nitrogen and oxygen atoms in total. The number of benzene rings is 1. The van der Waals surface area contributed by atoms with E-state index in [0.29, 0.717) is 10.5 Å². The molecule has 1 aliphatic heterocycles. The van der Waals surface area contributed by atoms with Crippen LogP contribution in [-0.2, 0) is 14.7 Å². The Morgan fingerprint density at radius 1 is 1.40 bits per heavy atom. The fourth-order valence-electron chi connectivity index (χ4n) is 1.80. The van der Waals surface area contributed by atoms with Crippen molar-refractivity contribution in [1.29, 1.82) is 0 Å². The van der Waals surface area contributed by atoms with Crippen LogP contribution < -0.4 is 5.90 Å². The lowest BCUT2D eigenvalue weighted by molar-refractivity contribution is 0.173. The third kappa shape index (κ3) is 1.58. The molecule has 0 saturated heterocycles. The number of fused-ring (bicyclic) bond motifs is 1. The van der Waals surface area contributed by atoms with Crippen molar-refractivity contribution in [2.75, 3.05) is 6.61 Å². The maximum atomic E-state index is 11.7. The van der Waals surface area contributed by atoms with E-state index in [0.717, 1.165) is 11.1 Å². The molecule has 0 unspecified atom stereocenters. The molecule has 2 N–H and O–H groups in total. The van der Waals surface area contributed by atoms with Gasteiger partial charge in [-0.3, -0.25) is 4.84 Å². The van der Waals surface area contributed by atoms with E-state index in [-0.39, 0.29) is 6.61 Å². The average Bonchev–Trinajstić information content (AvgIpc) is 2.41. The number of hydrogen-bond donors (Lipinski definition) is 1. The molecule has 0 spiro atoms. The summed E-state index contributed by atoms with van der Waals surface area (Å²) in [5.41, 5.74) is 2.26. The average molecular weight is 225 g/mol. The highest BCUT2D eigenvalue weighted by Gasteiger charge is 2.27. The third-order valence-corrected chi connectivity index (χ3v) is 3.95. The smallest absolute Gasteiger partial charge is 0.200 e. The minimum absolute atomic E-state index is 0.108. The summed E-state index contributed by atoms with van der Waals surface area (Å²) in [7, 11) is -3.30. The maximum absolute atomic E-state index is 11.7. The van der Waals surface area contributed by atoms with Crippen molar-refractivity contribution in [3.05, 3.63) is 34.7 Å². The molecule has 0 radical (unpaired) electrons. The first-order valence-electron chi connectivity index (χ1n) is 4.43. The molecule has 0 amide bonds. The Labute approximate surface area is 88.2 Å². The van der Waals surface area contributed by atoms with Crippen LogP contribution in [0, 0.1) is 6.92 Å². The van der Waals surface area contributed by atoms with Gasteiger partial charge in [0.15, 0.2) is 0 Å². The first kappa shape index (κ1) is 10.4. The van der Waals surface area contributed by atoms with Gasteiger partial charge in [0.05, 0.1) is 11.5 Å². The Hall–Kier alpha value is -1.17. The van der Waals surface area contributed by atoms with Crippen LogP contribution in [0.1, 0.15) is 11.1 Å². The van der Waals surface area contributed by atoms with Crippen LogP contribution in [0.3, 0.4) is 0 Å². The van der Waals surface area contributed by atoms with Crippen molar-refractivity contribution in [1.82, 2.24) is 0 Å². The minimum atomic E-state index is -3.30. The number of aryl methyl sites for hydroxylation is 1. The molecule has 80 valence electrons. The normalized spacial score (nSPS) is 17.3. The topological polar surface area (TPSA) is 69.4 Å². The molecule has 0 aromatic heterocycles. The van der Waals surface area contributed by atoms with E-state index < -0.39 is 9.84 Å². The first-order chi connectivity index (χ1) is 7.06. The third-order valence-electron chi connectivity index (χ3n) is 2.40. The van der Waals surface area contributed by atoms with E-state index in [1.54, 1.807) is 12.1 Å². The monoisotopic (exact) mass is 225 g/mol. The molecule has 0 bridgehead atoms. The summed E-state index contributed by atoms with van der Waals surface area (Å²) in [5, 5.41) is 1.22. The van der Waals surface area contributed by atoms with Gasteiger partial charge in [-0.1, -0.05) is 12.1 Å². The van der Waals surface area contributed by atoms with Crippen LogP contribution in [0.25, 0.3) is 5.57 Å². The van der Waals surface area contributed by atoms with Gasteiger partial charge in [-0.2, -0.15) is 0 Å². The largest absolute Gasteiger partial charge is 0.300 e. The van der Waals surface area contributed by atoms with Crippen molar-refractivity contribution >= 4 is 15.4 Å². The zero-order valence-electron chi connectivity index (χ0n) is 8.23. The van der Waals surface area contributed by atoms with Crippen LogP contribution in [0.4, 0.5) is 0 Å². The summed E-state index contributed by atoms with van der Waals surface area (Å²) in [6.45, 7) is 1.97. The lowest BCUT2D eigenvalue weighted by Crippen LogP contribution is -2.03. The van der Waals surface area contributed by atoms with Gasteiger partial charge in [-0.25, -0.2) is 14.3 Å². The lowest BCUT2D eigenvalue weighted by atomic mass is 10.0. The predicted molar refractivity (Wildman–Crippen MR) is 56.5 cm³/mol. The number of rotatable bonds is 2. The van der Waals surface area contributed by atoms with Crippen LogP contribution in [-0.4, -0.2) is 15.0 Å². The Morgan fingerprint density at radius 3 is 2.80 bits per heavy atom. The van der Waals surface area contributed by atoms with Gasteiger partial charge in [-0.05, 0) is 18.6 Å². The lowest BCUT2D eigenvalue weighted by Gasteiger charge is -2.06. The van der Waals surface area contributed by atoms with E-state index in [9.17, 15) is 8.42 Å².